The number of hydrogen-bond donors (Lipinski definition) is 1. The first kappa shape index (κ1) is 28.2. The van der Waals surface area contributed by atoms with Crippen LogP contribution < -0.4 is 5.32 Å². The Balaban J connectivity index is 2.14. The second-order valence-electron chi connectivity index (χ2n) is 11.8. The molecule has 7 nitrogen and oxygen atoms in total. The summed E-state index contributed by atoms with van der Waals surface area (Å²) in [6.07, 6.45) is 0.427. The number of amides is 2. The van der Waals surface area contributed by atoms with Crippen LogP contribution in [0.2, 0.25) is 18.1 Å². The third-order valence-corrected chi connectivity index (χ3v) is 11.2. The van der Waals surface area contributed by atoms with Crippen LogP contribution in [0, 0.1) is 0 Å². The summed E-state index contributed by atoms with van der Waals surface area (Å²) >= 11 is 0. The van der Waals surface area contributed by atoms with E-state index >= 15 is 0 Å². The third-order valence-electron chi connectivity index (χ3n) is 6.62. The van der Waals surface area contributed by atoms with Crippen molar-refractivity contribution in [2.24, 2.45) is 0 Å². The molecule has 0 saturated carbocycles. The number of carbonyl (C=O) groups is 2. The number of rotatable bonds is 6. The highest BCUT2D eigenvalue weighted by molar-refractivity contribution is 6.74. The number of hydrogen-bond acceptors (Lipinski definition) is 5. The van der Waals surface area contributed by atoms with Crippen molar-refractivity contribution in [1.82, 2.24) is 10.2 Å². The molecule has 0 spiro atoms. The molecule has 0 aromatic heterocycles. The normalized spacial score (nSPS) is 20.4. The highest BCUT2D eigenvalue weighted by Gasteiger charge is 2.43. The lowest BCUT2D eigenvalue weighted by molar-refractivity contribution is 0.0128. The molecule has 1 fully saturated rings. The van der Waals surface area contributed by atoms with Crippen molar-refractivity contribution < 1.29 is 23.5 Å². The van der Waals surface area contributed by atoms with Gasteiger partial charge in [-0.2, -0.15) is 0 Å². The molecule has 0 aliphatic carbocycles. The fourth-order valence-corrected chi connectivity index (χ4v) is 5.24. The molecule has 2 rings (SSSR count). The van der Waals surface area contributed by atoms with Gasteiger partial charge in [-0.05, 0) is 64.2 Å². The fourth-order valence-electron chi connectivity index (χ4n) is 3.80. The van der Waals surface area contributed by atoms with E-state index in [4.69, 9.17) is 13.9 Å². The smallest absolute Gasteiger partial charge is 0.410 e. The Morgan fingerprint density at radius 3 is 2.26 bits per heavy atom. The zero-order valence-corrected chi connectivity index (χ0v) is 23.4. The molecule has 0 radical (unpaired) electrons. The number of piperidine rings is 1. The zero-order chi connectivity index (χ0) is 25.7. The Bertz CT molecular complexity index is 817. The molecular formula is C26H44N2O5Si. The lowest BCUT2D eigenvalue weighted by atomic mass is 9.95. The Kier molecular flexibility index (Phi) is 9.21. The highest BCUT2D eigenvalue weighted by Crippen LogP contribution is 2.38. The first-order chi connectivity index (χ1) is 15.6. The number of nitrogens with one attached hydrogen (secondary N) is 1. The number of ether oxygens (including phenoxy) is 2. The summed E-state index contributed by atoms with van der Waals surface area (Å²) in [5, 5.41) is 2.99. The van der Waals surface area contributed by atoms with Crippen LogP contribution in [0.3, 0.4) is 0 Å². The van der Waals surface area contributed by atoms with Crippen LogP contribution in [0.5, 0.6) is 0 Å². The monoisotopic (exact) mass is 492 g/mol. The van der Waals surface area contributed by atoms with Crippen LogP contribution in [-0.4, -0.2) is 55.7 Å². The van der Waals surface area contributed by atoms with Crippen LogP contribution in [0.25, 0.3) is 0 Å². The lowest BCUT2D eigenvalue weighted by Gasteiger charge is -2.45. The van der Waals surface area contributed by atoms with Crippen LogP contribution in [0.4, 0.5) is 9.59 Å². The van der Waals surface area contributed by atoms with E-state index in [1.54, 1.807) is 4.90 Å². The summed E-state index contributed by atoms with van der Waals surface area (Å²) in [5.74, 6) is 0. The summed E-state index contributed by atoms with van der Waals surface area (Å²) in [6, 6.07) is 9.28. The summed E-state index contributed by atoms with van der Waals surface area (Å²) in [4.78, 5) is 27.3. The molecule has 1 aromatic rings. The SMILES string of the molecule is CC(O[Si](C)(C)C(C)(C)C)[C@H]1CC[C@@H](NC(=O)OC(C)(C)C)CN1C(=O)OCc1ccccc1. The van der Waals surface area contributed by atoms with Gasteiger partial charge in [-0.3, -0.25) is 0 Å². The largest absolute Gasteiger partial charge is 0.445 e. The molecule has 1 aliphatic rings. The van der Waals surface area contributed by atoms with Crippen molar-refractivity contribution in [3.05, 3.63) is 35.9 Å². The van der Waals surface area contributed by atoms with Crippen LogP contribution in [0.1, 0.15) is 66.9 Å². The topological polar surface area (TPSA) is 77.1 Å². The maximum absolute atomic E-state index is 13.2. The molecular weight excluding hydrogens is 448 g/mol. The third kappa shape index (κ3) is 8.31. The molecule has 34 heavy (non-hydrogen) atoms. The Morgan fingerprint density at radius 2 is 1.71 bits per heavy atom. The predicted octanol–water partition coefficient (Wildman–Crippen LogP) is 6.09. The van der Waals surface area contributed by atoms with E-state index in [-0.39, 0.29) is 29.8 Å². The quantitative estimate of drug-likeness (QED) is 0.486. The van der Waals surface area contributed by atoms with E-state index in [0.29, 0.717) is 13.0 Å². The number of likely N-dealkylation sites (tertiary alicyclic amines) is 1. The summed E-state index contributed by atoms with van der Waals surface area (Å²) in [5.41, 5.74) is 0.347. The van der Waals surface area contributed by atoms with Gasteiger partial charge in [0.15, 0.2) is 8.32 Å². The van der Waals surface area contributed by atoms with Crippen molar-refractivity contribution >= 4 is 20.5 Å². The van der Waals surface area contributed by atoms with Gasteiger partial charge in [0, 0.05) is 12.6 Å². The fraction of sp³-hybridized carbons (Fsp3) is 0.692. The summed E-state index contributed by atoms with van der Waals surface area (Å²) in [6.45, 7) is 19.1. The summed E-state index contributed by atoms with van der Waals surface area (Å²) in [7, 11) is -2.03. The van der Waals surface area contributed by atoms with Crippen molar-refractivity contribution in [1.29, 1.82) is 0 Å². The van der Waals surface area contributed by atoms with E-state index in [1.807, 2.05) is 58.0 Å². The molecule has 0 bridgehead atoms. The van der Waals surface area contributed by atoms with E-state index in [2.05, 4.69) is 39.2 Å². The minimum absolute atomic E-state index is 0.0649. The maximum Gasteiger partial charge on any atom is 0.410 e. The van der Waals surface area contributed by atoms with Crippen molar-refractivity contribution in [2.45, 2.75) is 110 Å². The first-order valence-corrected chi connectivity index (χ1v) is 15.1. The second kappa shape index (κ2) is 11.1. The first-order valence-electron chi connectivity index (χ1n) is 12.2. The number of carbonyl (C=O) groups excluding carboxylic acids is 2. The maximum atomic E-state index is 13.2. The number of nitrogens with zero attached hydrogens (tertiary/aromatic N) is 1. The van der Waals surface area contributed by atoms with Gasteiger partial charge < -0.3 is 24.1 Å². The van der Waals surface area contributed by atoms with Crippen LogP contribution in [0.15, 0.2) is 30.3 Å². The van der Waals surface area contributed by atoms with Crippen molar-refractivity contribution in [3.63, 3.8) is 0 Å². The van der Waals surface area contributed by atoms with Crippen molar-refractivity contribution in [3.8, 4) is 0 Å². The van der Waals surface area contributed by atoms with Gasteiger partial charge >= 0.3 is 12.2 Å². The minimum atomic E-state index is -2.03. The standard InChI is InChI=1S/C26H44N2O5Si/c1-19(33-34(8,9)26(5,6)7)22-16-15-21(27-23(29)32-25(2,3)4)17-28(22)24(30)31-18-20-13-11-10-12-14-20/h10-14,19,21-22H,15-18H2,1-9H3,(H,27,29)/t19?,21-,22-/m1/s1. The zero-order valence-electron chi connectivity index (χ0n) is 22.4. The molecule has 1 unspecified atom stereocenters. The minimum Gasteiger partial charge on any atom is -0.445 e. The molecule has 1 saturated heterocycles. The van der Waals surface area contributed by atoms with Gasteiger partial charge in [0.2, 0.25) is 0 Å². The van der Waals surface area contributed by atoms with Gasteiger partial charge in [-0.25, -0.2) is 9.59 Å². The van der Waals surface area contributed by atoms with Gasteiger partial charge in [0.1, 0.15) is 12.2 Å². The molecule has 1 aromatic carbocycles. The molecule has 1 heterocycles. The van der Waals surface area contributed by atoms with E-state index < -0.39 is 26.1 Å². The molecule has 192 valence electrons. The van der Waals surface area contributed by atoms with Gasteiger partial charge in [-0.15, -0.1) is 0 Å². The Morgan fingerprint density at radius 1 is 1.09 bits per heavy atom. The molecule has 1 aliphatic heterocycles. The molecule has 8 heteroatoms. The average molecular weight is 493 g/mol. The molecule has 1 N–H and O–H groups in total. The highest BCUT2D eigenvalue weighted by atomic mass is 28.4. The lowest BCUT2D eigenvalue weighted by Crippen LogP contribution is -2.59. The molecule has 2 amide bonds. The van der Waals surface area contributed by atoms with E-state index in [0.717, 1.165) is 12.0 Å². The number of benzene rings is 1. The van der Waals surface area contributed by atoms with Gasteiger partial charge in [0.05, 0.1) is 12.1 Å². The van der Waals surface area contributed by atoms with E-state index in [1.165, 1.54) is 0 Å². The predicted molar refractivity (Wildman–Crippen MR) is 137 cm³/mol. The average Bonchev–Trinajstić information content (AvgIpc) is 2.70. The Hall–Kier alpha value is -2.06. The van der Waals surface area contributed by atoms with Crippen LogP contribution >= 0.6 is 0 Å². The summed E-state index contributed by atoms with van der Waals surface area (Å²) < 4.78 is 17.7. The Labute approximate surface area is 206 Å². The van der Waals surface area contributed by atoms with Crippen molar-refractivity contribution in [2.75, 3.05) is 6.54 Å². The molecule has 3 atom stereocenters. The van der Waals surface area contributed by atoms with Gasteiger partial charge in [0.25, 0.3) is 0 Å². The second-order valence-corrected chi connectivity index (χ2v) is 16.5. The van der Waals surface area contributed by atoms with Gasteiger partial charge in [-0.1, -0.05) is 51.1 Å². The van der Waals surface area contributed by atoms with E-state index in [9.17, 15) is 9.59 Å². The van der Waals surface area contributed by atoms with Crippen LogP contribution in [-0.2, 0) is 20.5 Å². The number of alkyl carbamates (subject to hydrolysis) is 1.